The molecule has 1 unspecified atom stereocenters. The van der Waals surface area contributed by atoms with Crippen molar-refractivity contribution in [3.8, 4) is 0 Å². The molecule has 2 aromatic carbocycles. The Kier molecular flexibility index (Phi) is 5.38. The second-order valence-electron chi connectivity index (χ2n) is 7.66. The first-order chi connectivity index (χ1) is 14.3. The highest BCUT2D eigenvalue weighted by atomic mass is 32.2. The van der Waals surface area contributed by atoms with Crippen LogP contribution in [0, 0.1) is 5.92 Å². The second-order valence-corrected chi connectivity index (χ2v) is 9.55. The number of hydrogen-bond donors (Lipinski definition) is 1. The van der Waals surface area contributed by atoms with Crippen molar-refractivity contribution in [2.45, 2.75) is 31.1 Å². The van der Waals surface area contributed by atoms with Gasteiger partial charge in [-0.15, -0.1) is 0 Å². The number of aryl methyl sites for hydroxylation is 1. The predicted octanol–water partition coefficient (Wildman–Crippen LogP) is 2.10. The molecule has 1 saturated heterocycles. The number of anilines is 2. The zero-order valence-electron chi connectivity index (χ0n) is 17.1. The van der Waals surface area contributed by atoms with Crippen LogP contribution in [0.15, 0.2) is 47.4 Å². The lowest BCUT2D eigenvalue weighted by Gasteiger charge is -2.22. The van der Waals surface area contributed by atoms with Crippen LogP contribution in [0.5, 0.6) is 0 Å². The number of hydrogen-bond acceptors (Lipinski definition) is 4. The van der Waals surface area contributed by atoms with Crippen LogP contribution < -0.4 is 14.5 Å². The Balaban J connectivity index is 1.52. The molecule has 0 spiro atoms. The Morgan fingerprint density at radius 3 is 2.57 bits per heavy atom. The molecule has 0 radical (unpaired) electrons. The topological polar surface area (TPSA) is 86.8 Å². The number of nitrogens with one attached hydrogen (secondary N) is 1. The smallest absolute Gasteiger partial charge is 0.240 e. The summed E-state index contributed by atoms with van der Waals surface area (Å²) in [4.78, 5) is 29.3. The summed E-state index contributed by atoms with van der Waals surface area (Å²) in [7, 11) is -2.16. The summed E-state index contributed by atoms with van der Waals surface area (Å²) in [5, 5.41) is 0. The molecule has 0 saturated carbocycles. The van der Waals surface area contributed by atoms with Crippen LogP contribution in [0.3, 0.4) is 0 Å². The first-order valence-electron chi connectivity index (χ1n) is 10.1. The quantitative estimate of drug-likeness (QED) is 0.792. The maximum absolute atomic E-state index is 13.2. The third kappa shape index (κ3) is 3.61. The standard InChI is InChI=1S/C22H25N3O4S/c1-3-15-4-6-18(7-5-15)25-14-17(13-21(25)26)22(27)24-11-10-16-12-19(8-9-20(16)24)30(28,29)23-2/h4-9,12,17,23H,3,10-11,13-14H2,1-2H3. The number of carbonyl (C=O) groups is 2. The number of nitrogens with zero attached hydrogens (tertiary/aromatic N) is 2. The van der Waals surface area contributed by atoms with Crippen molar-refractivity contribution < 1.29 is 18.0 Å². The number of rotatable bonds is 5. The van der Waals surface area contributed by atoms with Crippen LogP contribution in [0.25, 0.3) is 0 Å². The van der Waals surface area contributed by atoms with Crippen molar-refractivity contribution >= 4 is 33.2 Å². The molecule has 2 aromatic rings. The molecule has 1 N–H and O–H groups in total. The molecule has 1 fully saturated rings. The van der Waals surface area contributed by atoms with Gasteiger partial charge in [-0.1, -0.05) is 19.1 Å². The number of sulfonamides is 1. The van der Waals surface area contributed by atoms with Gasteiger partial charge in [-0.05, 0) is 61.3 Å². The first-order valence-corrected chi connectivity index (χ1v) is 11.6. The maximum atomic E-state index is 13.2. The summed E-state index contributed by atoms with van der Waals surface area (Å²) in [6, 6.07) is 12.7. The van der Waals surface area contributed by atoms with Gasteiger partial charge in [-0.25, -0.2) is 13.1 Å². The van der Waals surface area contributed by atoms with Crippen LogP contribution in [-0.2, 0) is 32.5 Å². The Labute approximate surface area is 176 Å². The monoisotopic (exact) mass is 427 g/mol. The fourth-order valence-corrected chi connectivity index (χ4v) is 4.93. The summed E-state index contributed by atoms with van der Waals surface area (Å²) < 4.78 is 26.4. The summed E-state index contributed by atoms with van der Waals surface area (Å²) >= 11 is 0. The van der Waals surface area contributed by atoms with Gasteiger partial charge in [0.1, 0.15) is 0 Å². The zero-order valence-corrected chi connectivity index (χ0v) is 17.9. The lowest BCUT2D eigenvalue weighted by molar-refractivity contribution is -0.124. The Morgan fingerprint density at radius 1 is 1.17 bits per heavy atom. The fraction of sp³-hybridized carbons (Fsp3) is 0.364. The summed E-state index contributed by atoms with van der Waals surface area (Å²) in [5.74, 6) is -0.540. The highest BCUT2D eigenvalue weighted by Crippen LogP contribution is 2.34. The van der Waals surface area contributed by atoms with Gasteiger partial charge in [0.05, 0.1) is 10.8 Å². The van der Waals surface area contributed by atoms with Crippen LogP contribution in [0.4, 0.5) is 11.4 Å². The van der Waals surface area contributed by atoms with Crippen molar-refractivity contribution in [3.05, 3.63) is 53.6 Å². The minimum absolute atomic E-state index is 0.0486. The van der Waals surface area contributed by atoms with E-state index in [-0.39, 0.29) is 23.1 Å². The molecule has 8 heteroatoms. The molecule has 7 nitrogen and oxygen atoms in total. The van der Waals surface area contributed by atoms with Crippen molar-refractivity contribution in [1.82, 2.24) is 4.72 Å². The normalized spacial score (nSPS) is 18.7. The SMILES string of the molecule is CCc1ccc(N2CC(C(=O)N3CCc4cc(S(=O)(=O)NC)ccc43)CC2=O)cc1. The van der Waals surface area contributed by atoms with Crippen LogP contribution >= 0.6 is 0 Å². The van der Waals surface area contributed by atoms with E-state index in [9.17, 15) is 18.0 Å². The number of carbonyl (C=O) groups excluding carboxylic acids is 2. The van der Waals surface area contributed by atoms with Crippen molar-refractivity contribution in [2.75, 3.05) is 29.9 Å². The van der Waals surface area contributed by atoms with E-state index in [0.717, 1.165) is 23.4 Å². The van der Waals surface area contributed by atoms with Gasteiger partial charge < -0.3 is 9.80 Å². The molecule has 2 aliphatic heterocycles. The van der Waals surface area contributed by atoms with Crippen molar-refractivity contribution in [1.29, 1.82) is 0 Å². The maximum Gasteiger partial charge on any atom is 0.240 e. The predicted molar refractivity (Wildman–Crippen MR) is 115 cm³/mol. The van der Waals surface area contributed by atoms with Gasteiger partial charge in [-0.2, -0.15) is 0 Å². The largest absolute Gasteiger partial charge is 0.312 e. The summed E-state index contributed by atoms with van der Waals surface area (Å²) in [5.41, 5.74) is 3.58. The molecule has 158 valence electrons. The van der Waals surface area contributed by atoms with Crippen molar-refractivity contribution in [3.63, 3.8) is 0 Å². The van der Waals surface area contributed by atoms with Gasteiger partial charge in [0.15, 0.2) is 0 Å². The van der Waals surface area contributed by atoms with E-state index in [1.54, 1.807) is 21.9 Å². The molecule has 0 aromatic heterocycles. The molecule has 0 aliphatic carbocycles. The van der Waals surface area contributed by atoms with E-state index in [1.165, 1.54) is 18.7 Å². The average molecular weight is 428 g/mol. The molecule has 30 heavy (non-hydrogen) atoms. The minimum Gasteiger partial charge on any atom is -0.312 e. The zero-order chi connectivity index (χ0) is 21.5. The molecular weight excluding hydrogens is 402 g/mol. The molecule has 0 bridgehead atoms. The molecule has 4 rings (SSSR count). The molecule has 2 amide bonds. The minimum atomic E-state index is -3.53. The van der Waals surface area contributed by atoms with E-state index in [4.69, 9.17) is 0 Å². The molecular formula is C22H25N3O4S. The van der Waals surface area contributed by atoms with Gasteiger partial charge in [0, 0.05) is 30.9 Å². The second kappa shape index (κ2) is 7.85. The third-order valence-corrected chi connectivity index (χ3v) is 7.33. The first kappa shape index (κ1) is 20.6. The average Bonchev–Trinajstić information content (AvgIpc) is 3.36. The van der Waals surface area contributed by atoms with Gasteiger partial charge in [0.25, 0.3) is 0 Å². The fourth-order valence-electron chi connectivity index (χ4n) is 4.15. The van der Waals surface area contributed by atoms with Crippen LogP contribution in [0.1, 0.15) is 24.5 Å². The number of amides is 2. The van der Waals surface area contributed by atoms with Gasteiger partial charge >= 0.3 is 0 Å². The Hall–Kier alpha value is -2.71. The molecule has 2 heterocycles. The van der Waals surface area contributed by atoms with Crippen LogP contribution in [-0.4, -0.2) is 40.4 Å². The lowest BCUT2D eigenvalue weighted by Crippen LogP contribution is -2.36. The number of benzene rings is 2. The van der Waals surface area contributed by atoms with Gasteiger partial charge in [-0.3, -0.25) is 9.59 Å². The van der Waals surface area contributed by atoms with E-state index >= 15 is 0 Å². The van der Waals surface area contributed by atoms with E-state index in [1.807, 2.05) is 24.3 Å². The highest BCUT2D eigenvalue weighted by Gasteiger charge is 2.39. The molecule has 2 aliphatic rings. The highest BCUT2D eigenvalue weighted by molar-refractivity contribution is 7.89. The molecule has 1 atom stereocenters. The summed E-state index contributed by atoms with van der Waals surface area (Å²) in [6.45, 7) is 2.93. The van der Waals surface area contributed by atoms with E-state index < -0.39 is 15.9 Å². The Morgan fingerprint density at radius 2 is 1.90 bits per heavy atom. The number of fused-ring (bicyclic) bond motifs is 1. The summed E-state index contributed by atoms with van der Waals surface area (Å²) in [6.07, 6.45) is 1.71. The van der Waals surface area contributed by atoms with Crippen molar-refractivity contribution in [2.24, 2.45) is 5.92 Å². The lowest BCUT2D eigenvalue weighted by atomic mass is 10.1. The Bertz CT molecular complexity index is 1100. The van der Waals surface area contributed by atoms with Crippen LogP contribution in [0.2, 0.25) is 0 Å². The van der Waals surface area contributed by atoms with Gasteiger partial charge in [0.2, 0.25) is 21.8 Å². The van der Waals surface area contributed by atoms with E-state index in [0.29, 0.717) is 19.5 Å². The van der Waals surface area contributed by atoms with E-state index in [2.05, 4.69) is 11.6 Å². The third-order valence-electron chi connectivity index (χ3n) is 5.92.